The van der Waals surface area contributed by atoms with Gasteiger partial charge in [-0.2, -0.15) is 18.4 Å². The predicted molar refractivity (Wildman–Crippen MR) is 67.2 cm³/mol. The van der Waals surface area contributed by atoms with E-state index in [0.29, 0.717) is 0 Å². The van der Waals surface area contributed by atoms with Gasteiger partial charge in [0, 0.05) is 10.9 Å². The summed E-state index contributed by atoms with van der Waals surface area (Å²) < 4.78 is 52.4. The van der Waals surface area contributed by atoms with Gasteiger partial charge in [0.2, 0.25) is 0 Å². The summed E-state index contributed by atoms with van der Waals surface area (Å²) in [5.74, 6) is -1.01. The van der Waals surface area contributed by atoms with E-state index in [2.05, 4.69) is 11.6 Å². The fourth-order valence-corrected chi connectivity index (χ4v) is 2.33. The highest BCUT2D eigenvalue weighted by atomic mass is 32.1. The second-order valence-electron chi connectivity index (χ2n) is 3.79. The van der Waals surface area contributed by atoms with Gasteiger partial charge in [0.1, 0.15) is 16.9 Å². The fraction of sp³-hybridized carbons (Fsp3) is 0.0769. The molecule has 102 valence electrons. The monoisotopic (exact) mass is 298 g/mol. The van der Waals surface area contributed by atoms with Gasteiger partial charge in [-0.05, 0) is 12.1 Å². The Hall–Kier alpha value is -2.20. The quantitative estimate of drug-likeness (QED) is 0.604. The van der Waals surface area contributed by atoms with Crippen LogP contribution in [0, 0.1) is 17.1 Å². The number of benzene rings is 1. The summed E-state index contributed by atoms with van der Waals surface area (Å²) in [6, 6.07) is 4.45. The lowest BCUT2D eigenvalue weighted by atomic mass is 10.0. The van der Waals surface area contributed by atoms with E-state index in [-0.39, 0.29) is 16.3 Å². The Morgan fingerprint density at radius 3 is 2.65 bits per heavy atom. The lowest BCUT2D eigenvalue weighted by molar-refractivity contribution is -0.137. The number of rotatable bonds is 2. The molecule has 7 heteroatoms. The summed E-state index contributed by atoms with van der Waals surface area (Å²) >= 11 is 0.938. The highest BCUT2D eigenvalue weighted by Gasteiger charge is 2.35. The smallest absolute Gasteiger partial charge is 0.235 e. The van der Waals surface area contributed by atoms with Gasteiger partial charge < -0.3 is 0 Å². The van der Waals surface area contributed by atoms with Crippen molar-refractivity contribution in [3.05, 3.63) is 46.5 Å². The van der Waals surface area contributed by atoms with E-state index in [1.165, 1.54) is 5.38 Å². The molecule has 2 aromatic rings. The number of nitriles is 1. The van der Waals surface area contributed by atoms with E-state index in [9.17, 15) is 17.6 Å². The third-order valence-corrected chi connectivity index (χ3v) is 3.37. The average Bonchev–Trinajstić information content (AvgIpc) is 2.85. The number of halogens is 4. The maximum absolute atomic E-state index is 13.7. The molecule has 0 radical (unpaired) electrons. The van der Waals surface area contributed by atoms with E-state index in [1.807, 2.05) is 0 Å². The molecule has 0 aliphatic rings. The number of allylic oxidation sites excluding steroid dienone is 1. The van der Waals surface area contributed by atoms with Gasteiger partial charge in [-0.25, -0.2) is 9.37 Å². The van der Waals surface area contributed by atoms with Gasteiger partial charge in [0.25, 0.3) is 0 Å². The maximum Gasteiger partial charge on any atom is 0.417 e. The first-order valence-corrected chi connectivity index (χ1v) is 6.13. The molecule has 20 heavy (non-hydrogen) atoms. The molecule has 0 aliphatic heterocycles. The average molecular weight is 298 g/mol. The molecule has 0 unspecified atom stereocenters. The van der Waals surface area contributed by atoms with Crippen LogP contribution in [0.25, 0.3) is 16.8 Å². The highest BCUT2D eigenvalue weighted by Crippen LogP contribution is 2.39. The van der Waals surface area contributed by atoms with Gasteiger partial charge in [0.05, 0.1) is 16.8 Å². The van der Waals surface area contributed by atoms with Crippen molar-refractivity contribution in [3.63, 3.8) is 0 Å². The van der Waals surface area contributed by atoms with E-state index in [1.54, 1.807) is 6.07 Å². The molecule has 0 saturated heterocycles. The number of hydrogen-bond donors (Lipinski definition) is 0. The highest BCUT2D eigenvalue weighted by molar-refractivity contribution is 7.11. The standard InChI is InChI=1S/C13H6F4N2S/c1-7(5-18)12-19-10(6-20-12)11-8(13(15,16)17)3-2-4-9(11)14/h2-4,6H,1H2. The minimum absolute atomic E-state index is 0.0196. The molecule has 1 aromatic carbocycles. The molecule has 0 atom stereocenters. The summed E-state index contributed by atoms with van der Waals surface area (Å²) in [7, 11) is 0. The first kappa shape index (κ1) is 14.2. The molecule has 0 aliphatic carbocycles. The molecule has 1 aromatic heterocycles. The van der Waals surface area contributed by atoms with Crippen LogP contribution in [-0.2, 0) is 6.18 Å². The first-order chi connectivity index (χ1) is 9.34. The zero-order valence-electron chi connectivity index (χ0n) is 9.83. The minimum Gasteiger partial charge on any atom is -0.235 e. The number of nitrogens with zero attached hydrogens (tertiary/aromatic N) is 2. The second kappa shape index (κ2) is 5.06. The third-order valence-electron chi connectivity index (χ3n) is 2.47. The van der Waals surface area contributed by atoms with Gasteiger partial charge in [-0.15, -0.1) is 11.3 Å². The molecule has 0 N–H and O–H groups in total. The van der Waals surface area contributed by atoms with Crippen LogP contribution in [0.15, 0.2) is 30.2 Å². The van der Waals surface area contributed by atoms with E-state index < -0.39 is 23.1 Å². The Labute approximate surface area is 115 Å². The lowest BCUT2D eigenvalue weighted by Gasteiger charge is -2.11. The molecule has 0 saturated carbocycles. The second-order valence-corrected chi connectivity index (χ2v) is 4.65. The number of alkyl halides is 3. The molecule has 0 bridgehead atoms. The molecular weight excluding hydrogens is 292 g/mol. The molecule has 0 fully saturated rings. The molecule has 0 amide bonds. The Kier molecular flexibility index (Phi) is 3.59. The summed E-state index contributed by atoms with van der Waals surface area (Å²) in [6.07, 6.45) is -4.69. The Morgan fingerprint density at radius 1 is 1.35 bits per heavy atom. The van der Waals surface area contributed by atoms with E-state index in [4.69, 9.17) is 5.26 Å². The molecule has 2 rings (SSSR count). The maximum atomic E-state index is 13.7. The van der Waals surface area contributed by atoms with Crippen molar-refractivity contribution < 1.29 is 17.6 Å². The van der Waals surface area contributed by atoms with Gasteiger partial charge >= 0.3 is 6.18 Å². The van der Waals surface area contributed by atoms with Crippen molar-refractivity contribution in [2.45, 2.75) is 6.18 Å². The van der Waals surface area contributed by atoms with Crippen LogP contribution in [0.3, 0.4) is 0 Å². The predicted octanol–water partition coefficient (Wildman–Crippen LogP) is 4.50. The summed E-state index contributed by atoms with van der Waals surface area (Å²) in [4.78, 5) is 3.84. The molecule has 0 spiro atoms. The topological polar surface area (TPSA) is 36.7 Å². The van der Waals surface area contributed by atoms with Crippen LogP contribution >= 0.6 is 11.3 Å². The molecule has 1 heterocycles. The van der Waals surface area contributed by atoms with Crippen molar-refractivity contribution in [1.82, 2.24) is 4.98 Å². The van der Waals surface area contributed by atoms with Crippen LogP contribution in [0.2, 0.25) is 0 Å². The summed E-state index contributed by atoms with van der Waals surface area (Å²) in [5, 5.41) is 10.1. The number of thiazole rings is 1. The Balaban J connectivity index is 2.61. The Bertz CT molecular complexity index is 710. The van der Waals surface area contributed by atoms with Crippen LogP contribution in [0.4, 0.5) is 17.6 Å². The zero-order valence-corrected chi connectivity index (χ0v) is 10.6. The molecule has 2 nitrogen and oxygen atoms in total. The zero-order chi connectivity index (χ0) is 14.9. The first-order valence-electron chi connectivity index (χ1n) is 5.25. The molecular formula is C13H6F4N2S. The van der Waals surface area contributed by atoms with E-state index >= 15 is 0 Å². The lowest BCUT2D eigenvalue weighted by Crippen LogP contribution is -2.08. The van der Waals surface area contributed by atoms with Crippen molar-refractivity contribution in [3.8, 4) is 17.3 Å². The van der Waals surface area contributed by atoms with Gasteiger partial charge in [0.15, 0.2) is 0 Å². The largest absolute Gasteiger partial charge is 0.417 e. The van der Waals surface area contributed by atoms with Crippen LogP contribution in [-0.4, -0.2) is 4.98 Å². The van der Waals surface area contributed by atoms with Crippen molar-refractivity contribution in [1.29, 1.82) is 5.26 Å². The van der Waals surface area contributed by atoms with Crippen molar-refractivity contribution in [2.24, 2.45) is 0 Å². The van der Waals surface area contributed by atoms with Gasteiger partial charge in [-0.1, -0.05) is 12.6 Å². The van der Waals surface area contributed by atoms with Crippen LogP contribution in [0.1, 0.15) is 10.6 Å². The SMILES string of the molecule is C=C(C#N)c1nc(-c2c(F)cccc2C(F)(F)F)cs1. The minimum atomic E-state index is -4.69. The fourth-order valence-electron chi connectivity index (χ4n) is 1.60. The third kappa shape index (κ3) is 2.56. The van der Waals surface area contributed by atoms with Crippen molar-refractivity contribution >= 4 is 16.9 Å². The van der Waals surface area contributed by atoms with E-state index in [0.717, 1.165) is 29.5 Å². The van der Waals surface area contributed by atoms with Gasteiger partial charge in [-0.3, -0.25) is 0 Å². The van der Waals surface area contributed by atoms with Crippen LogP contribution in [0.5, 0.6) is 0 Å². The normalized spacial score (nSPS) is 11.2. The number of aromatic nitrogens is 1. The van der Waals surface area contributed by atoms with Crippen molar-refractivity contribution in [2.75, 3.05) is 0 Å². The number of hydrogen-bond acceptors (Lipinski definition) is 3. The summed E-state index contributed by atoms with van der Waals surface area (Å²) in [5.41, 5.74) is -1.86. The van der Waals surface area contributed by atoms with Crippen LogP contribution < -0.4 is 0 Å². The summed E-state index contributed by atoms with van der Waals surface area (Å²) in [6.45, 7) is 3.41. The Morgan fingerprint density at radius 2 is 2.05 bits per heavy atom.